The zero-order chi connectivity index (χ0) is 23.2. The van der Waals surface area contributed by atoms with Crippen molar-refractivity contribution in [1.29, 1.82) is 0 Å². The number of hydrogen-bond donors (Lipinski definition) is 8. The minimum absolute atomic E-state index is 0.172. The molecule has 0 bridgehead atoms. The summed E-state index contributed by atoms with van der Waals surface area (Å²) in [5, 5.41) is 70.7. The fourth-order valence-corrected chi connectivity index (χ4v) is 4.25. The van der Waals surface area contributed by atoms with Crippen LogP contribution in [0.4, 0.5) is 0 Å². The summed E-state index contributed by atoms with van der Waals surface area (Å²) in [6, 6.07) is 0. The van der Waals surface area contributed by atoms with E-state index in [-0.39, 0.29) is 15.8 Å². The third-order valence-electron chi connectivity index (χ3n) is 5.80. The summed E-state index contributed by atoms with van der Waals surface area (Å²) in [7, 11) is 0. The van der Waals surface area contributed by atoms with Crippen molar-refractivity contribution in [3.8, 4) is 0 Å². The molecular weight excluding hydrogens is 452 g/mol. The lowest BCUT2D eigenvalue weighted by Gasteiger charge is -2.41. The van der Waals surface area contributed by atoms with Crippen LogP contribution in [-0.2, 0) is 19.9 Å². The predicted molar refractivity (Wildman–Crippen MR) is 104 cm³/mol. The van der Waals surface area contributed by atoms with E-state index in [1.165, 1.54) is 17.2 Å². The van der Waals surface area contributed by atoms with Crippen molar-refractivity contribution in [2.45, 2.75) is 54.7 Å². The lowest BCUT2D eigenvalue weighted by atomic mass is 9.98. The summed E-state index contributed by atoms with van der Waals surface area (Å²) < 4.78 is 18.3. The maximum atomic E-state index is 11.1. The SMILES string of the molecule is OCC1O[C@@H](OC2[C@@H](O)[C@](CO)(n3cnc4c(=S)nc[nH]c43)O[C@@H]2CO)C(O)[C@H](O)[C@H]1O. The molecule has 32 heavy (non-hydrogen) atoms. The molecule has 15 heteroatoms. The van der Waals surface area contributed by atoms with E-state index in [1.54, 1.807) is 0 Å². The number of imidazole rings is 1. The van der Waals surface area contributed by atoms with Crippen LogP contribution in [0.25, 0.3) is 11.2 Å². The monoisotopic (exact) mass is 476 g/mol. The molecule has 3 unspecified atom stereocenters. The molecule has 14 nitrogen and oxygen atoms in total. The average molecular weight is 476 g/mol. The largest absolute Gasteiger partial charge is 0.394 e. The number of hydrogen-bond acceptors (Lipinski definition) is 13. The highest BCUT2D eigenvalue weighted by atomic mass is 32.1. The normalized spacial score (nSPS) is 40.2. The van der Waals surface area contributed by atoms with Crippen LogP contribution in [0.5, 0.6) is 0 Å². The standard InChI is InChI=1S/C17H24N4O10S/c22-1-6-9(25)10(26)11(27)16(29-6)30-12-7(2-23)31-17(3-24,13(12)28)21-5-20-8-14(21)18-4-19-15(8)32/h4-7,9-13,16,22-28H,1-3H2,(H,18,19,32)/t6?,7-,9+,10-,11?,12?,13-,16+,17-/m1/s1. The molecular formula is C17H24N4O10S. The third-order valence-corrected chi connectivity index (χ3v) is 6.10. The molecule has 0 aromatic carbocycles. The van der Waals surface area contributed by atoms with Gasteiger partial charge in [-0.15, -0.1) is 0 Å². The van der Waals surface area contributed by atoms with Gasteiger partial charge in [-0.3, -0.25) is 4.57 Å². The van der Waals surface area contributed by atoms with E-state index < -0.39 is 74.6 Å². The van der Waals surface area contributed by atoms with Gasteiger partial charge in [-0.25, -0.2) is 9.97 Å². The number of aliphatic hydroxyl groups is 7. The zero-order valence-electron chi connectivity index (χ0n) is 16.5. The van der Waals surface area contributed by atoms with Gasteiger partial charge in [0.1, 0.15) is 53.9 Å². The molecule has 0 radical (unpaired) electrons. The highest BCUT2D eigenvalue weighted by Crippen LogP contribution is 2.39. The Morgan fingerprint density at radius 1 is 1.06 bits per heavy atom. The second kappa shape index (κ2) is 8.96. The van der Waals surface area contributed by atoms with Crippen LogP contribution < -0.4 is 0 Å². The first-order valence-electron chi connectivity index (χ1n) is 9.73. The number of nitrogens with one attached hydrogen (secondary N) is 1. The smallest absolute Gasteiger partial charge is 0.199 e. The molecule has 4 rings (SSSR count). The highest BCUT2D eigenvalue weighted by Gasteiger charge is 2.58. The molecule has 8 N–H and O–H groups in total. The predicted octanol–water partition coefficient (Wildman–Crippen LogP) is -3.93. The van der Waals surface area contributed by atoms with Gasteiger partial charge in [0.2, 0.25) is 0 Å². The third kappa shape index (κ3) is 3.55. The second-order valence-electron chi connectivity index (χ2n) is 7.60. The van der Waals surface area contributed by atoms with Crippen LogP contribution >= 0.6 is 12.2 Å². The van der Waals surface area contributed by atoms with Crippen molar-refractivity contribution in [2.75, 3.05) is 19.8 Å². The van der Waals surface area contributed by atoms with Crippen LogP contribution in [0.2, 0.25) is 0 Å². The Morgan fingerprint density at radius 3 is 2.44 bits per heavy atom. The first kappa shape index (κ1) is 23.5. The molecule has 2 aromatic rings. The molecule has 2 fully saturated rings. The topological polar surface area (TPSA) is 216 Å². The quantitative estimate of drug-likeness (QED) is 0.187. The van der Waals surface area contributed by atoms with Gasteiger partial charge in [0.15, 0.2) is 16.7 Å². The van der Waals surface area contributed by atoms with Crippen molar-refractivity contribution >= 4 is 23.4 Å². The van der Waals surface area contributed by atoms with E-state index in [4.69, 9.17) is 26.4 Å². The number of nitrogens with zero attached hydrogens (tertiary/aromatic N) is 3. The average Bonchev–Trinajstić information content (AvgIpc) is 3.35. The van der Waals surface area contributed by atoms with Gasteiger partial charge in [-0.2, -0.15) is 0 Å². The maximum absolute atomic E-state index is 11.1. The van der Waals surface area contributed by atoms with E-state index in [0.717, 1.165) is 0 Å². The number of H-pyrrole nitrogens is 1. The molecule has 2 aliphatic rings. The van der Waals surface area contributed by atoms with E-state index in [1.807, 2.05) is 0 Å². The summed E-state index contributed by atoms with van der Waals surface area (Å²) in [4.78, 5) is 10.9. The minimum atomic E-state index is -1.87. The van der Waals surface area contributed by atoms with Crippen molar-refractivity contribution < 1.29 is 50.0 Å². The van der Waals surface area contributed by atoms with Crippen molar-refractivity contribution in [3.05, 3.63) is 17.3 Å². The zero-order valence-corrected chi connectivity index (χ0v) is 17.3. The Kier molecular flexibility index (Phi) is 6.59. The Bertz CT molecular complexity index is 1000. The maximum Gasteiger partial charge on any atom is 0.199 e. The van der Waals surface area contributed by atoms with Crippen molar-refractivity contribution in [2.24, 2.45) is 0 Å². The molecule has 178 valence electrons. The van der Waals surface area contributed by atoms with Gasteiger partial charge in [-0.1, -0.05) is 12.2 Å². The molecule has 0 aliphatic carbocycles. The molecule has 4 heterocycles. The number of aromatic amines is 1. The van der Waals surface area contributed by atoms with Gasteiger partial charge in [0, 0.05) is 0 Å². The van der Waals surface area contributed by atoms with Crippen LogP contribution in [0, 0.1) is 4.64 Å². The van der Waals surface area contributed by atoms with Gasteiger partial charge in [-0.05, 0) is 0 Å². The van der Waals surface area contributed by atoms with Crippen LogP contribution in [0.1, 0.15) is 0 Å². The molecule has 0 amide bonds. The number of rotatable bonds is 6. The Labute approximate surface area is 185 Å². The van der Waals surface area contributed by atoms with E-state index >= 15 is 0 Å². The van der Waals surface area contributed by atoms with Crippen LogP contribution in [0.3, 0.4) is 0 Å². The molecule has 2 aliphatic heterocycles. The summed E-state index contributed by atoms with van der Waals surface area (Å²) >= 11 is 5.13. The van der Waals surface area contributed by atoms with Gasteiger partial charge in [0.05, 0.1) is 32.5 Å². The summed E-state index contributed by atoms with van der Waals surface area (Å²) in [6.07, 6.45) is -9.50. The van der Waals surface area contributed by atoms with E-state index in [9.17, 15) is 35.7 Å². The van der Waals surface area contributed by atoms with Gasteiger partial charge < -0.3 is 54.9 Å². The fourth-order valence-electron chi connectivity index (χ4n) is 4.05. The summed E-state index contributed by atoms with van der Waals surface area (Å²) in [5.74, 6) is 0. The first-order valence-corrected chi connectivity index (χ1v) is 10.1. The molecule has 2 aromatic heterocycles. The molecule has 9 atom stereocenters. The van der Waals surface area contributed by atoms with E-state index in [2.05, 4.69) is 15.0 Å². The number of aromatic nitrogens is 4. The Morgan fingerprint density at radius 2 is 1.78 bits per heavy atom. The van der Waals surface area contributed by atoms with Gasteiger partial charge >= 0.3 is 0 Å². The van der Waals surface area contributed by atoms with E-state index in [0.29, 0.717) is 0 Å². The minimum Gasteiger partial charge on any atom is -0.394 e. The van der Waals surface area contributed by atoms with Gasteiger partial charge in [0.25, 0.3) is 0 Å². The Balaban J connectivity index is 1.67. The molecule has 2 saturated heterocycles. The first-order chi connectivity index (χ1) is 15.3. The van der Waals surface area contributed by atoms with Crippen LogP contribution in [0.15, 0.2) is 12.7 Å². The Hall–Kier alpha value is -1.63. The lowest BCUT2D eigenvalue weighted by molar-refractivity contribution is -0.318. The summed E-state index contributed by atoms with van der Waals surface area (Å²) in [5.41, 5.74) is -1.31. The highest BCUT2D eigenvalue weighted by molar-refractivity contribution is 7.71. The van der Waals surface area contributed by atoms with Crippen molar-refractivity contribution in [1.82, 2.24) is 19.5 Å². The second-order valence-corrected chi connectivity index (χ2v) is 7.99. The molecule has 0 spiro atoms. The lowest BCUT2D eigenvalue weighted by Crippen LogP contribution is -2.60. The van der Waals surface area contributed by atoms with Crippen LogP contribution in [-0.4, -0.2) is 124 Å². The fraction of sp³-hybridized carbons (Fsp3) is 0.706. The number of aliphatic hydroxyl groups excluding tert-OH is 7. The molecule has 0 saturated carbocycles. The summed E-state index contributed by atoms with van der Waals surface area (Å²) in [6.45, 7) is -2.09. The van der Waals surface area contributed by atoms with Crippen molar-refractivity contribution in [3.63, 3.8) is 0 Å². The number of ether oxygens (including phenoxy) is 3. The number of fused-ring (bicyclic) bond motifs is 1.